The summed E-state index contributed by atoms with van der Waals surface area (Å²) in [6, 6.07) is 0. The monoisotopic (exact) mass is 167 g/mol. The van der Waals surface area contributed by atoms with Gasteiger partial charge < -0.3 is 15.2 Å². The van der Waals surface area contributed by atoms with Crippen LogP contribution in [0.3, 0.4) is 0 Å². The van der Waals surface area contributed by atoms with Gasteiger partial charge in [-0.15, -0.1) is 12.4 Å². The number of halogens is 1. The molecular weight excluding hydrogens is 154 g/mol. The highest BCUT2D eigenvalue weighted by atomic mass is 35.5. The third-order valence-electron chi connectivity index (χ3n) is 1.57. The van der Waals surface area contributed by atoms with Crippen LogP contribution in [0.25, 0.3) is 0 Å². The van der Waals surface area contributed by atoms with Gasteiger partial charge in [0.1, 0.15) is 0 Å². The first-order valence-corrected chi connectivity index (χ1v) is 3.12. The van der Waals surface area contributed by atoms with Gasteiger partial charge in [-0.3, -0.25) is 0 Å². The maximum absolute atomic E-state index is 5.82. The van der Waals surface area contributed by atoms with Crippen LogP contribution in [0, 0.1) is 0 Å². The Balaban J connectivity index is 0.000000810. The average Bonchev–Trinajstić information content (AvgIpc) is 2.16. The maximum atomic E-state index is 5.82. The van der Waals surface area contributed by atoms with Crippen LogP contribution in [-0.2, 0) is 9.47 Å². The highest BCUT2D eigenvalue weighted by molar-refractivity contribution is 5.85. The lowest BCUT2D eigenvalue weighted by atomic mass is 10.0. The molecule has 1 fully saturated rings. The summed E-state index contributed by atoms with van der Waals surface area (Å²) >= 11 is 0. The van der Waals surface area contributed by atoms with E-state index in [4.69, 9.17) is 15.2 Å². The van der Waals surface area contributed by atoms with E-state index in [0.29, 0.717) is 13.2 Å². The fraction of sp³-hybridized carbons (Fsp3) is 1.00. The van der Waals surface area contributed by atoms with Crippen molar-refractivity contribution in [1.29, 1.82) is 0 Å². The maximum Gasteiger partial charge on any atom is 0.0669 e. The topological polar surface area (TPSA) is 44.5 Å². The van der Waals surface area contributed by atoms with Gasteiger partial charge in [0, 0.05) is 13.7 Å². The molecule has 62 valence electrons. The molecule has 4 heteroatoms. The fourth-order valence-electron chi connectivity index (χ4n) is 1.02. The van der Waals surface area contributed by atoms with E-state index in [0.717, 1.165) is 13.0 Å². The van der Waals surface area contributed by atoms with Crippen LogP contribution in [0.1, 0.15) is 6.42 Å². The van der Waals surface area contributed by atoms with E-state index in [2.05, 4.69) is 0 Å². The van der Waals surface area contributed by atoms with E-state index in [1.807, 2.05) is 0 Å². The van der Waals surface area contributed by atoms with Crippen molar-refractivity contribution in [2.24, 2.45) is 5.73 Å². The molecule has 1 rings (SSSR count). The Labute approximate surface area is 67.3 Å². The van der Waals surface area contributed by atoms with Crippen molar-refractivity contribution in [2.45, 2.75) is 12.0 Å². The van der Waals surface area contributed by atoms with E-state index in [9.17, 15) is 0 Å². The molecule has 1 aliphatic rings. The molecule has 0 aromatic heterocycles. The summed E-state index contributed by atoms with van der Waals surface area (Å²) in [4.78, 5) is 0. The van der Waals surface area contributed by atoms with Gasteiger partial charge in [-0.2, -0.15) is 0 Å². The van der Waals surface area contributed by atoms with Crippen molar-refractivity contribution >= 4 is 12.4 Å². The second-order valence-corrected chi connectivity index (χ2v) is 2.60. The molecule has 0 aliphatic carbocycles. The van der Waals surface area contributed by atoms with Gasteiger partial charge in [-0.25, -0.2) is 0 Å². The van der Waals surface area contributed by atoms with Crippen LogP contribution in [0.15, 0.2) is 0 Å². The third-order valence-corrected chi connectivity index (χ3v) is 1.57. The van der Waals surface area contributed by atoms with Crippen LogP contribution in [-0.4, -0.2) is 32.5 Å². The van der Waals surface area contributed by atoms with Crippen molar-refractivity contribution in [3.05, 3.63) is 0 Å². The first kappa shape index (κ1) is 10.2. The van der Waals surface area contributed by atoms with E-state index in [-0.39, 0.29) is 17.9 Å². The Hall–Kier alpha value is 0.170. The number of hydrogen-bond acceptors (Lipinski definition) is 3. The number of nitrogens with two attached hydrogens (primary N) is 1. The minimum atomic E-state index is -0.200. The van der Waals surface area contributed by atoms with Gasteiger partial charge in [0.25, 0.3) is 0 Å². The lowest BCUT2D eigenvalue weighted by Gasteiger charge is -2.19. The fourth-order valence-corrected chi connectivity index (χ4v) is 1.02. The van der Waals surface area contributed by atoms with Crippen molar-refractivity contribution in [3.8, 4) is 0 Å². The summed E-state index contributed by atoms with van der Waals surface area (Å²) in [5.41, 5.74) is 5.62. The quantitative estimate of drug-likeness (QED) is 0.638. The first-order valence-electron chi connectivity index (χ1n) is 3.12. The standard InChI is InChI=1S/C6H13NO2.ClH/c1-8-4-6(7)2-3-9-5-6;/h2-5,7H2,1H3;1H. The molecule has 0 radical (unpaired) electrons. The zero-order valence-corrected chi connectivity index (χ0v) is 6.95. The summed E-state index contributed by atoms with van der Waals surface area (Å²) in [7, 11) is 1.66. The molecule has 0 aromatic carbocycles. The lowest BCUT2D eigenvalue weighted by molar-refractivity contribution is 0.111. The SMILES string of the molecule is COCC1(N)CCOC1.Cl. The highest BCUT2D eigenvalue weighted by Crippen LogP contribution is 2.14. The second-order valence-electron chi connectivity index (χ2n) is 2.60. The number of rotatable bonds is 2. The zero-order valence-electron chi connectivity index (χ0n) is 6.13. The molecule has 3 nitrogen and oxygen atoms in total. The van der Waals surface area contributed by atoms with Gasteiger partial charge in [0.05, 0.1) is 18.8 Å². The van der Waals surface area contributed by atoms with Gasteiger partial charge in [-0.05, 0) is 6.42 Å². The van der Waals surface area contributed by atoms with Crippen molar-refractivity contribution < 1.29 is 9.47 Å². The van der Waals surface area contributed by atoms with E-state index >= 15 is 0 Å². The molecule has 10 heavy (non-hydrogen) atoms. The Morgan fingerprint density at radius 2 is 2.40 bits per heavy atom. The van der Waals surface area contributed by atoms with Crippen molar-refractivity contribution in [1.82, 2.24) is 0 Å². The van der Waals surface area contributed by atoms with E-state index in [1.165, 1.54) is 0 Å². The summed E-state index contributed by atoms with van der Waals surface area (Å²) in [6.07, 6.45) is 0.918. The normalized spacial score (nSPS) is 31.8. The summed E-state index contributed by atoms with van der Waals surface area (Å²) in [5, 5.41) is 0. The van der Waals surface area contributed by atoms with Crippen LogP contribution in [0.4, 0.5) is 0 Å². The smallest absolute Gasteiger partial charge is 0.0669 e. The van der Waals surface area contributed by atoms with Crippen LogP contribution < -0.4 is 5.73 Å². The van der Waals surface area contributed by atoms with Crippen molar-refractivity contribution in [2.75, 3.05) is 26.9 Å². The Kier molecular flexibility index (Phi) is 4.20. The van der Waals surface area contributed by atoms with Crippen molar-refractivity contribution in [3.63, 3.8) is 0 Å². The predicted octanol–water partition coefficient (Wildman–Crippen LogP) is 0.172. The molecule has 0 bridgehead atoms. The molecule has 1 unspecified atom stereocenters. The Morgan fingerprint density at radius 1 is 1.70 bits per heavy atom. The van der Waals surface area contributed by atoms with Gasteiger partial charge in [0.2, 0.25) is 0 Å². The Morgan fingerprint density at radius 3 is 2.80 bits per heavy atom. The molecule has 0 spiro atoms. The molecule has 1 saturated heterocycles. The van der Waals surface area contributed by atoms with Crippen LogP contribution >= 0.6 is 12.4 Å². The zero-order chi connectivity index (χ0) is 6.74. The third kappa shape index (κ3) is 2.42. The molecule has 1 aliphatic heterocycles. The predicted molar refractivity (Wildman–Crippen MR) is 41.5 cm³/mol. The largest absolute Gasteiger partial charge is 0.383 e. The van der Waals surface area contributed by atoms with Gasteiger partial charge in [-0.1, -0.05) is 0 Å². The number of hydrogen-bond donors (Lipinski definition) is 1. The second kappa shape index (κ2) is 4.13. The average molecular weight is 168 g/mol. The van der Waals surface area contributed by atoms with E-state index in [1.54, 1.807) is 7.11 Å². The molecule has 2 N–H and O–H groups in total. The van der Waals surface area contributed by atoms with Gasteiger partial charge in [0.15, 0.2) is 0 Å². The molecule has 0 saturated carbocycles. The summed E-state index contributed by atoms with van der Waals surface area (Å²) in [6.45, 7) is 2.02. The minimum Gasteiger partial charge on any atom is -0.383 e. The van der Waals surface area contributed by atoms with Crippen LogP contribution in [0.5, 0.6) is 0 Å². The molecule has 0 amide bonds. The first-order chi connectivity index (χ1) is 4.27. The number of ether oxygens (including phenoxy) is 2. The van der Waals surface area contributed by atoms with E-state index < -0.39 is 0 Å². The molecule has 1 atom stereocenters. The Bertz CT molecular complexity index is 93.7. The van der Waals surface area contributed by atoms with Crippen LogP contribution in [0.2, 0.25) is 0 Å². The lowest BCUT2D eigenvalue weighted by Crippen LogP contribution is -2.44. The molecule has 0 aromatic rings. The summed E-state index contributed by atoms with van der Waals surface area (Å²) < 4.78 is 10.0. The van der Waals surface area contributed by atoms with Gasteiger partial charge >= 0.3 is 0 Å². The summed E-state index contributed by atoms with van der Waals surface area (Å²) in [5.74, 6) is 0. The molecular formula is C6H14ClNO2. The minimum absolute atomic E-state index is 0. The molecule has 1 heterocycles. The number of methoxy groups -OCH3 is 1. The highest BCUT2D eigenvalue weighted by Gasteiger charge is 2.29.